The molecule has 1 N–H and O–H groups in total. The van der Waals surface area contributed by atoms with E-state index in [4.69, 9.17) is 4.52 Å². The molecule has 0 saturated carbocycles. The van der Waals surface area contributed by atoms with Crippen LogP contribution in [0, 0.1) is 0 Å². The highest BCUT2D eigenvalue weighted by atomic mass is 32.1. The highest BCUT2D eigenvalue weighted by molar-refractivity contribution is 7.08. The van der Waals surface area contributed by atoms with Crippen LogP contribution < -0.4 is 5.32 Å². The molecule has 0 fully saturated rings. The summed E-state index contributed by atoms with van der Waals surface area (Å²) in [5.74, 6) is 1.41. The topological polar surface area (TPSA) is 51.0 Å². The average Bonchev–Trinajstić information content (AvgIpc) is 2.98. The normalized spacial score (nSPS) is 12.8. The molecule has 2 rings (SSSR count). The second-order valence-corrected chi connectivity index (χ2v) is 5.05. The molecule has 0 aliphatic carbocycles. The predicted octanol–water partition coefficient (Wildman–Crippen LogP) is 3.12. The molecule has 98 valence electrons. The smallest absolute Gasteiger partial charge is 0.228 e. The van der Waals surface area contributed by atoms with Crippen LogP contribution in [0.5, 0.6) is 0 Å². The summed E-state index contributed by atoms with van der Waals surface area (Å²) in [5, 5.41) is 11.5. The van der Waals surface area contributed by atoms with Crippen molar-refractivity contribution in [2.45, 2.75) is 39.2 Å². The molecule has 0 aliphatic rings. The molecule has 0 amide bonds. The highest BCUT2D eigenvalue weighted by Crippen LogP contribution is 2.19. The lowest BCUT2D eigenvalue weighted by Gasteiger charge is -2.14. The molecule has 4 nitrogen and oxygen atoms in total. The second-order valence-electron chi connectivity index (χ2n) is 4.27. The summed E-state index contributed by atoms with van der Waals surface area (Å²) in [7, 11) is 0. The molecule has 0 aliphatic heterocycles. The lowest BCUT2D eigenvalue weighted by Crippen LogP contribution is -2.30. The maximum Gasteiger partial charge on any atom is 0.228 e. The van der Waals surface area contributed by atoms with Gasteiger partial charge in [-0.05, 0) is 24.4 Å². The Bertz CT molecular complexity index is 447. The van der Waals surface area contributed by atoms with Gasteiger partial charge in [-0.3, -0.25) is 0 Å². The van der Waals surface area contributed by atoms with E-state index in [1.54, 1.807) is 11.3 Å². The van der Waals surface area contributed by atoms with E-state index in [0.29, 0.717) is 11.9 Å². The zero-order valence-corrected chi connectivity index (χ0v) is 11.7. The van der Waals surface area contributed by atoms with Crippen molar-refractivity contribution in [1.29, 1.82) is 0 Å². The number of aromatic nitrogens is 2. The number of hydrogen-bond acceptors (Lipinski definition) is 5. The molecule has 0 radical (unpaired) electrons. The van der Waals surface area contributed by atoms with Gasteiger partial charge in [-0.15, -0.1) is 0 Å². The van der Waals surface area contributed by atoms with E-state index in [0.717, 1.165) is 37.3 Å². The zero-order valence-electron chi connectivity index (χ0n) is 10.8. The first-order chi connectivity index (χ1) is 8.83. The number of thiophene rings is 1. The van der Waals surface area contributed by atoms with Gasteiger partial charge in [0.25, 0.3) is 0 Å². The molecule has 5 heteroatoms. The molecule has 2 aromatic rings. The Morgan fingerprint density at radius 1 is 1.44 bits per heavy atom. The third-order valence-electron chi connectivity index (χ3n) is 2.80. The number of rotatable bonds is 7. The van der Waals surface area contributed by atoms with Crippen LogP contribution in [-0.2, 0) is 6.42 Å². The summed E-state index contributed by atoms with van der Waals surface area (Å²) in [4.78, 5) is 4.45. The Hall–Kier alpha value is -1.20. The van der Waals surface area contributed by atoms with Crippen molar-refractivity contribution in [3.8, 4) is 11.4 Å². The van der Waals surface area contributed by atoms with Gasteiger partial charge in [0.1, 0.15) is 0 Å². The maximum absolute atomic E-state index is 5.32. The Labute approximate surface area is 111 Å². The lowest BCUT2D eigenvalue weighted by atomic mass is 10.1. The molecule has 2 heterocycles. The summed E-state index contributed by atoms with van der Waals surface area (Å²) in [6.07, 6.45) is 3.09. The fourth-order valence-electron chi connectivity index (χ4n) is 1.97. The molecule has 1 unspecified atom stereocenters. The average molecular weight is 265 g/mol. The van der Waals surface area contributed by atoms with Gasteiger partial charge in [-0.1, -0.05) is 25.4 Å². The largest absolute Gasteiger partial charge is 0.339 e. The summed E-state index contributed by atoms with van der Waals surface area (Å²) in [5.41, 5.74) is 1.03. The summed E-state index contributed by atoms with van der Waals surface area (Å²) in [6, 6.07) is 2.43. The van der Waals surface area contributed by atoms with Crippen LogP contribution in [0.15, 0.2) is 21.3 Å². The Morgan fingerprint density at radius 3 is 3.00 bits per heavy atom. The summed E-state index contributed by atoms with van der Waals surface area (Å²) >= 11 is 1.64. The van der Waals surface area contributed by atoms with Crippen molar-refractivity contribution in [3.05, 3.63) is 22.7 Å². The van der Waals surface area contributed by atoms with E-state index in [1.807, 2.05) is 16.8 Å². The minimum Gasteiger partial charge on any atom is -0.339 e. The van der Waals surface area contributed by atoms with Gasteiger partial charge in [0, 0.05) is 23.4 Å². The SMILES string of the molecule is CCCC(Cc1nc(-c2ccsc2)no1)NCC. The minimum absolute atomic E-state index is 0.427. The monoisotopic (exact) mass is 265 g/mol. The van der Waals surface area contributed by atoms with Crippen LogP contribution in [0.3, 0.4) is 0 Å². The third kappa shape index (κ3) is 3.40. The van der Waals surface area contributed by atoms with Crippen molar-refractivity contribution in [3.63, 3.8) is 0 Å². The third-order valence-corrected chi connectivity index (χ3v) is 3.48. The number of likely N-dealkylation sites (N-methyl/N-ethyl adjacent to an activating group) is 1. The molecular weight excluding hydrogens is 246 g/mol. The molecule has 1 atom stereocenters. The molecule has 2 aromatic heterocycles. The molecule has 0 spiro atoms. The van der Waals surface area contributed by atoms with Crippen molar-refractivity contribution in [2.75, 3.05) is 6.54 Å². The standard InChI is InChI=1S/C13H19N3OS/c1-3-5-11(14-4-2)8-12-15-13(16-17-12)10-6-7-18-9-10/h6-7,9,11,14H,3-5,8H2,1-2H3. The number of nitrogens with zero attached hydrogens (tertiary/aromatic N) is 2. The Balaban J connectivity index is 2.01. The van der Waals surface area contributed by atoms with Crippen molar-refractivity contribution in [1.82, 2.24) is 15.5 Å². The first-order valence-corrected chi connectivity index (χ1v) is 7.36. The van der Waals surface area contributed by atoms with Gasteiger partial charge in [0.2, 0.25) is 11.7 Å². The first kappa shape index (κ1) is 13.2. The Morgan fingerprint density at radius 2 is 2.33 bits per heavy atom. The van der Waals surface area contributed by atoms with Crippen LogP contribution in [0.4, 0.5) is 0 Å². The van der Waals surface area contributed by atoms with Crippen molar-refractivity contribution >= 4 is 11.3 Å². The lowest BCUT2D eigenvalue weighted by molar-refractivity contribution is 0.352. The van der Waals surface area contributed by atoms with Gasteiger partial charge in [-0.2, -0.15) is 16.3 Å². The van der Waals surface area contributed by atoms with E-state index in [2.05, 4.69) is 29.3 Å². The number of hydrogen-bond donors (Lipinski definition) is 1. The molecule has 18 heavy (non-hydrogen) atoms. The fourth-order valence-corrected chi connectivity index (χ4v) is 2.61. The molecular formula is C13H19N3OS. The van der Waals surface area contributed by atoms with E-state index in [-0.39, 0.29) is 0 Å². The van der Waals surface area contributed by atoms with E-state index < -0.39 is 0 Å². The van der Waals surface area contributed by atoms with Gasteiger partial charge >= 0.3 is 0 Å². The van der Waals surface area contributed by atoms with Crippen LogP contribution in [0.25, 0.3) is 11.4 Å². The quantitative estimate of drug-likeness (QED) is 0.835. The van der Waals surface area contributed by atoms with E-state index in [9.17, 15) is 0 Å². The van der Waals surface area contributed by atoms with Crippen molar-refractivity contribution < 1.29 is 4.52 Å². The fraction of sp³-hybridized carbons (Fsp3) is 0.538. The van der Waals surface area contributed by atoms with E-state index in [1.165, 1.54) is 0 Å². The van der Waals surface area contributed by atoms with E-state index >= 15 is 0 Å². The zero-order chi connectivity index (χ0) is 12.8. The van der Waals surface area contributed by atoms with Crippen LogP contribution in [0.2, 0.25) is 0 Å². The molecule has 0 aromatic carbocycles. The van der Waals surface area contributed by atoms with Crippen molar-refractivity contribution in [2.24, 2.45) is 0 Å². The molecule has 0 saturated heterocycles. The van der Waals surface area contributed by atoms with Gasteiger partial charge < -0.3 is 9.84 Å². The van der Waals surface area contributed by atoms with Crippen LogP contribution >= 0.6 is 11.3 Å². The molecule has 0 bridgehead atoms. The van der Waals surface area contributed by atoms with Gasteiger partial charge in [-0.25, -0.2) is 0 Å². The minimum atomic E-state index is 0.427. The van der Waals surface area contributed by atoms with Crippen LogP contribution in [-0.4, -0.2) is 22.7 Å². The van der Waals surface area contributed by atoms with Crippen LogP contribution in [0.1, 0.15) is 32.6 Å². The van der Waals surface area contributed by atoms with Gasteiger partial charge in [0.15, 0.2) is 0 Å². The van der Waals surface area contributed by atoms with Gasteiger partial charge in [0.05, 0.1) is 0 Å². The first-order valence-electron chi connectivity index (χ1n) is 6.42. The summed E-state index contributed by atoms with van der Waals surface area (Å²) in [6.45, 7) is 5.28. The Kier molecular flexibility index (Phi) is 4.90. The summed E-state index contributed by atoms with van der Waals surface area (Å²) < 4.78 is 5.32. The second kappa shape index (κ2) is 6.66. The number of nitrogens with one attached hydrogen (secondary N) is 1. The maximum atomic E-state index is 5.32. The predicted molar refractivity (Wildman–Crippen MR) is 73.7 cm³/mol. The highest BCUT2D eigenvalue weighted by Gasteiger charge is 2.14.